The van der Waals surface area contributed by atoms with Gasteiger partial charge in [-0.3, -0.25) is 4.79 Å². The minimum atomic E-state index is -0.0856. The molecule has 1 N–H and O–H groups in total. The van der Waals surface area contributed by atoms with E-state index in [9.17, 15) is 4.79 Å². The minimum Gasteiger partial charge on any atom is -0.351 e. The molecule has 1 heterocycles. The largest absolute Gasteiger partial charge is 0.351 e. The summed E-state index contributed by atoms with van der Waals surface area (Å²) in [4.78, 5) is 16.0. The molecule has 5 nitrogen and oxygen atoms in total. The second-order valence-corrected chi connectivity index (χ2v) is 4.40. The van der Waals surface area contributed by atoms with Crippen molar-refractivity contribution in [2.24, 2.45) is 0 Å². The molecule has 100 valence electrons. The van der Waals surface area contributed by atoms with Crippen LogP contribution in [0.5, 0.6) is 0 Å². The molecule has 0 aliphatic heterocycles. The molecule has 0 bridgehead atoms. The van der Waals surface area contributed by atoms with Gasteiger partial charge >= 0.3 is 0 Å². The first-order valence-electron chi connectivity index (χ1n) is 6.13. The van der Waals surface area contributed by atoms with Gasteiger partial charge in [0.05, 0.1) is 0 Å². The van der Waals surface area contributed by atoms with E-state index in [0.29, 0.717) is 17.9 Å². The molecule has 0 saturated carbocycles. The summed E-state index contributed by atoms with van der Waals surface area (Å²) in [6, 6.07) is 7.34. The van der Waals surface area contributed by atoms with E-state index in [1.54, 1.807) is 12.1 Å². The molecule has 2 aromatic rings. The molecular weight excluding hydrogens is 260 g/mol. The summed E-state index contributed by atoms with van der Waals surface area (Å²) in [6.07, 6.45) is 1.53. The van der Waals surface area contributed by atoms with Crippen LogP contribution in [0.2, 0.25) is 0 Å². The van der Waals surface area contributed by atoms with Crippen molar-refractivity contribution in [3.05, 3.63) is 36.2 Å². The normalized spacial score (nSPS) is 10.4. The van der Waals surface area contributed by atoms with Gasteiger partial charge in [0.1, 0.15) is 6.33 Å². The molecule has 0 unspecified atom stereocenters. The molecule has 2 rings (SSSR count). The van der Waals surface area contributed by atoms with Gasteiger partial charge in [-0.25, -0.2) is 9.67 Å². The number of benzene rings is 1. The number of aromatic nitrogens is 3. The molecule has 6 heteroatoms. The first-order valence-corrected chi connectivity index (χ1v) is 6.76. The van der Waals surface area contributed by atoms with E-state index < -0.39 is 0 Å². The molecule has 1 aromatic heterocycles. The van der Waals surface area contributed by atoms with Gasteiger partial charge in [-0.1, -0.05) is 12.1 Å². The van der Waals surface area contributed by atoms with Gasteiger partial charge in [-0.05, 0) is 19.1 Å². The third-order valence-corrected chi connectivity index (χ3v) is 2.94. The van der Waals surface area contributed by atoms with Crippen LogP contribution >= 0.6 is 12.6 Å². The van der Waals surface area contributed by atoms with E-state index in [-0.39, 0.29) is 5.91 Å². The highest BCUT2D eigenvalue weighted by Crippen LogP contribution is 2.16. The van der Waals surface area contributed by atoms with E-state index in [1.165, 1.54) is 6.33 Å². The van der Waals surface area contributed by atoms with Gasteiger partial charge in [0.15, 0.2) is 5.82 Å². The summed E-state index contributed by atoms with van der Waals surface area (Å²) in [5.74, 6) is 1.35. The molecule has 0 aliphatic carbocycles. The van der Waals surface area contributed by atoms with Crippen LogP contribution in [-0.2, 0) is 6.54 Å². The molecule has 1 aromatic carbocycles. The zero-order chi connectivity index (χ0) is 13.7. The van der Waals surface area contributed by atoms with E-state index in [2.05, 4.69) is 28.0 Å². The molecule has 1 amide bonds. The maximum absolute atomic E-state index is 11.7. The first-order chi connectivity index (χ1) is 9.26. The van der Waals surface area contributed by atoms with E-state index in [0.717, 1.165) is 17.9 Å². The summed E-state index contributed by atoms with van der Waals surface area (Å²) in [5, 5.41) is 6.90. The van der Waals surface area contributed by atoms with Crippen LogP contribution in [0.15, 0.2) is 30.6 Å². The van der Waals surface area contributed by atoms with Gasteiger partial charge in [-0.2, -0.15) is 17.7 Å². The fourth-order valence-electron chi connectivity index (χ4n) is 1.76. The predicted molar refractivity (Wildman–Crippen MR) is 77.3 cm³/mol. The lowest BCUT2D eigenvalue weighted by atomic mass is 10.1. The number of carbonyl (C=O) groups is 1. The Labute approximate surface area is 117 Å². The summed E-state index contributed by atoms with van der Waals surface area (Å²) in [6.45, 7) is 3.34. The Morgan fingerprint density at radius 1 is 1.37 bits per heavy atom. The van der Waals surface area contributed by atoms with Crippen LogP contribution in [0.3, 0.4) is 0 Å². The highest BCUT2D eigenvalue weighted by molar-refractivity contribution is 7.80. The minimum absolute atomic E-state index is 0.0856. The third kappa shape index (κ3) is 3.14. The Morgan fingerprint density at radius 3 is 2.74 bits per heavy atom. The number of carbonyl (C=O) groups excluding carboxylic acids is 1. The summed E-state index contributed by atoms with van der Waals surface area (Å²) in [5.41, 5.74) is 1.58. The fourth-order valence-corrected chi connectivity index (χ4v) is 1.87. The Balaban J connectivity index is 2.17. The van der Waals surface area contributed by atoms with Crippen LogP contribution in [0.1, 0.15) is 17.3 Å². The number of nitrogens with zero attached hydrogens (tertiary/aromatic N) is 3. The molecule has 0 saturated heterocycles. The topological polar surface area (TPSA) is 59.8 Å². The summed E-state index contributed by atoms with van der Waals surface area (Å²) >= 11 is 4.05. The number of amides is 1. The van der Waals surface area contributed by atoms with Crippen LogP contribution in [0.25, 0.3) is 11.4 Å². The lowest BCUT2D eigenvalue weighted by Gasteiger charge is -2.05. The number of hydrogen-bond acceptors (Lipinski definition) is 4. The lowest BCUT2D eigenvalue weighted by Crippen LogP contribution is -2.25. The van der Waals surface area contributed by atoms with Gasteiger partial charge < -0.3 is 5.32 Å². The maximum Gasteiger partial charge on any atom is 0.251 e. The second-order valence-electron chi connectivity index (χ2n) is 3.96. The quantitative estimate of drug-likeness (QED) is 0.816. The molecule has 0 radical (unpaired) electrons. The van der Waals surface area contributed by atoms with E-state index in [1.807, 2.05) is 23.7 Å². The summed E-state index contributed by atoms with van der Waals surface area (Å²) in [7, 11) is 0. The number of hydrogen-bond donors (Lipinski definition) is 2. The van der Waals surface area contributed by atoms with E-state index >= 15 is 0 Å². The van der Waals surface area contributed by atoms with Crippen LogP contribution < -0.4 is 5.32 Å². The predicted octanol–water partition coefficient (Wildman–Crippen LogP) is 1.62. The van der Waals surface area contributed by atoms with Crippen molar-refractivity contribution in [2.45, 2.75) is 13.5 Å². The van der Waals surface area contributed by atoms with Crippen molar-refractivity contribution in [1.29, 1.82) is 0 Å². The van der Waals surface area contributed by atoms with Crippen LogP contribution in [-0.4, -0.2) is 33.0 Å². The number of aryl methyl sites for hydroxylation is 1. The average Bonchev–Trinajstić information content (AvgIpc) is 2.93. The first kappa shape index (κ1) is 13.6. The second kappa shape index (κ2) is 6.38. The van der Waals surface area contributed by atoms with Gasteiger partial charge in [0, 0.05) is 30.0 Å². The third-order valence-electron chi connectivity index (χ3n) is 2.72. The van der Waals surface area contributed by atoms with Crippen molar-refractivity contribution < 1.29 is 4.79 Å². The lowest BCUT2D eigenvalue weighted by molar-refractivity contribution is 0.0956. The fraction of sp³-hybridized carbons (Fsp3) is 0.308. The van der Waals surface area contributed by atoms with Crippen molar-refractivity contribution in [3.63, 3.8) is 0 Å². The number of thiol groups is 1. The Kier molecular flexibility index (Phi) is 4.57. The van der Waals surface area contributed by atoms with Crippen molar-refractivity contribution in [1.82, 2.24) is 20.1 Å². The zero-order valence-corrected chi connectivity index (χ0v) is 11.6. The van der Waals surface area contributed by atoms with Gasteiger partial charge in [0.25, 0.3) is 5.91 Å². The molecule has 0 atom stereocenters. The Hall–Kier alpha value is -1.82. The summed E-state index contributed by atoms with van der Waals surface area (Å²) < 4.78 is 1.82. The molecule has 0 aliphatic rings. The van der Waals surface area contributed by atoms with Crippen molar-refractivity contribution in [2.75, 3.05) is 12.3 Å². The Morgan fingerprint density at radius 2 is 2.11 bits per heavy atom. The molecule has 0 spiro atoms. The zero-order valence-electron chi connectivity index (χ0n) is 10.7. The van der Waals surface area contributed by atoms with Crippen LogP contribution in [0, 0.1) is 0 Å². The van der Waals surface area contributed by atoms with E-state index in [4.69, 9.17) is 0 Å². The monoisotopic (exact) mass is 276 g/mol. The maximum atomic E-state index is 11.7. The molecular formula is C13H16N4OS. The smallest absolute Gasteiger partial charge is 0.251 e. The standard InChI is InChI=1S/C13H16N4OS/c1-2-17-12(15-9-16-17)10-3-5-11(6-4-10)13(18)14-7-8-19/h3-6,9,19H,2,7-8H2,1H3,(H,14,18). The van der Waals surface area contributed by atoms with Crippen molar-refractivity contribution in [3.8, 4) is 11.4 Å². The average molecular weight is 276 g/mol. The number of rotatable bonds is 5. The van der Waals surface area contributed by atoms with Gasteiger partial charge in [0.2, 0.25) is 0 Å². The molecule has 19 heavy (non-hydrogen) atoms. The SMILES string of the molecule is CCn1ncnc1-c1ccc(C(=O)NCCS)cc1. The Bertz CT molecular complexity index is 550. The highest BCUT2D eigenvalue weighted by atomic mass is 32.1. The number of nitrogens with one attached hydrogen (secondary N) is 1. The molecule has 0 fully saturated rings. The van der Waals surface area contributed by atoms with Crippen molar-refractivity contribution >= 4 is 18.5 Å². The highest BCUT2D eigenvalue weighted by Gasteiger charge is 2.08. The van der Waals surface area contributed by atoms with Crippen LogP contribution in [0.4, 0.5) is 0 Å². The van der Waals surface area contributed by atoms with Gasteiger partial charge in [-0.15, -0.1) is 0 Å².